The van der Waals surface area contributed by atoms with E-state index in [2.05, 4.69) is 24.0 Å². The number of nitrogens with zero attached hydrogens (tertiary/aromatic N) is 2. The van der Waals surface area contributed by atoms with Crippen LogP contribution in [-0.2, 0) is 5.75 Å². The molecule has 0 saturated heterocycles. The summed E-state index contributed by atoms with van der Waals surface area (Å²) in [6, 6.07) is 7.52. The first-order valence-electron chi connectivity index (χ1n) is 6.51. The summed E-state index contributed by atoms with van der Waals surface area (Å²) in [5.74, 6) is 1.69. The number of rotatable bonds is 6. The predicted molar refractivity (Wildman–Crippen MR) is 81.7 cm³/mol. The van der Waals surface area contributed by atoms with E-state index < -0.39 is 0 Å². The zero-order valence-corrected chi connectivity index (χ0v) is 13.1. The van der Waals surface area contributed by atoms with Gasteiger partial charge in [-0.15, -0.1) is 10.2 Å². The van der Waals surface area contributed by atoms with E-state index in [1.165, 1.54) is 11.8 Å². The number of nitrogens with two attached hydrogens (primary N) is 1. The molecular weight excluding hydrogens is 294 g/mol. The highest BCUT2D eigenvalue weighted by atomic mass is 35.5. The first-order valence-corrected chi connectivity index (χ1v) is 7.87. The van der Waals surface area contributed by atoms with Crippen molar-refractivity contribution in [1.29, 1.82) is 0 Å². The average molecular weight is 312 g/mol. The first kappa shape index (κ1) is 15.4. The lowest BCUT2D eigenvalue weighted by atomic mass is 10.1. The Kier molecular flexibility index (Phi) is 5.46. The van der Waals surface area contributed by atoms with Crippen LogP contribution < -0.4 is 5.73 Å². The molecule has 6 heteroatoms. The molecule has 0 fully saturated rings. The third kappa shape index (κ3) is 4.23. The zero-order valence-electron chi connectivity index (χ0n) is 11.5. The summed E-state index contributed by atoms with van der Waals surface area (Å²) in [6.07, 6.45) is 0.830. The van der Waals surface area contributed by atoms with Gasteiger partial charge in [0.25, 0.3) is 5.22 Å². The Labute approximate surface area is 128 Å². The standard InChI is InChI=1S/C14H18ClN3OS/c1-9(2)7-12(16)13-17-18-14(19-13)20-8-10-5-3-4-6-11(10)15/h3-6,9,12H,7-8,16H2,1-2H3/t12-/m0/s1. The molecule has 2 rings (SSSR count). The number of hydrogen-bond acceptors (Lipinski definition) is 5. The van der Waals surface area contributed by atoms with Crippen LogP contribution in [0.25, 0.3) is 0 Å². The third-order valence-corrected chi connectivity index (χ3v) is 4.01. The fourth-order valence-electron chi connectivity index (χ4n) is 1.79. The second-order valence-electron chi connectivity index (χ2n) is 5.02. The largest absolute Gasteiger partial charge is 0.414 e. The van der Waals surface area contributed by atoms with E-state index in [-0.39, 0.29) is 6.04 Å². The monoisotopic (exact) mass is 311 g/mol. The van der Waals surface area contributed by atoms with E-state index in [0.717, 1.165) is 17.0 Å². The summed E-state index contributed by atoms with van der Waals surface area (Å²) in [7, 11) is 0. The van der Waals surface area contributed by atoms with Crippen LogP contribution in [0.5, 0.6) is 0 Å². The molecular formula is C14H18ClN3OS. The fourth-order valence-corrected chi connectivity index (χ4v) is 2.85. The van der Waals surface area contributed by atoms with Gasteiger partial charge in [-0.2, -0.15) is 0 Å². The van der Waals surface area contributed by atoms with Gasteiger partial charge in [-0.3, -0.25) is 0 Å². The summed E-state index contributed by atoms with van der Waals surface area (Å²) in [5.41, 5.74) is 7.06. The van der Waals surface area contributed by atoms with Crippen LogP contribution in [0.4, 0.5) is 0 Å². The zero-order chi connectivity index (χ0) is 14.5. The molecule has 0 radical (unpaired) electrons. The van der Waals surface area contributed by atoms with E-state index in [9.17, 15) is 0 Å². The Morgan fingerprint density at radius 3 is 2.75 bits per heavy atom. The summed E-state index contributed by atoms with van der Waals surface area (Å²) < 4.78 is 5.58. The van der Waals surface area contributed by atoms with E-state index in [1.807, 2.05) is 24.3 Å². The van der Waals surface area contributed by atoms with E-state index in [0.29, 0.717) is 22.8 Å². The van der Waals surface area contributed by atoms with Crippen LogP contribution in [0.15, 0.2) is 33.9 Å². The second kappa shape index (κ2) is 7.11. The van der Waals surface area contributed by atoms with Crippen LogP contribution in [-0.4, -0.2) is 10.2 Å². The van der Waals surface area contributed by atoms with Crippen molar-refractivity contribution in [3.63, 3.8) is 0 Å². The molecule has 1 aromatic carbocycles. The summed E-state index contributed by atoms with van der Waals surface area (Å²) in [6.45, 7) is 4.23. The third-order valence-electron chi connectivity index (χ3n) is 2.77. The van der Waals surface area contributed by atoms with Gasteiger partial charge in [0, 0.05) is 10.8 Å². The molecule has 0 aliphatic carbocycles. The van der Waals surface area contributed by atoms with E-state index in [1.54, 1.807) is 0 Å². The average Bonchev–Trinajstić information content (AvgIpc) is 2.86. The topological polar surface area (TPSA) is 64.9 Å². The maximum absolute atomic E-state index is 6.10. The van der Waals surface area contributed by atoms with Gasteiger partial charge in [0.2, 0.25) is 5.89 Å². The maximum Gasteiger partial charge on any atom is 0.276 e. The van der Waals surface area contributed by atoms with E-state index >= 15 is 0 Å². The molecule has 0 spiro atoms. The van der Waals surface area contributed by atoms with Gasteiger partial charge in [0.15, 0.2) is 0 Å². The Morgan fingerprint density at radius 1 is 1.30 bits per heavy atom. The number of benzene rings is 1. The molecule has 0 amide bonds. The Hall–Kier alpha value is -1.04. The Balaban J connectivity index is 1.95. The van der Waals surface area contributed by atoms with Gasteiger partial charge in [-0.1, -0.05) is 55.4 Å². The van der Waals surface area contributed by atoms with Gasteiger partial charge >= 0.3 is 0 Å². The molecule has 0 saturated carbocycles. The molecule has 2 aromatic rings. The van der Waals surface area contributed by atoms with Crippen molar-refractivity contribution in [1.82, 2.24) is 10.2 Å². The van der Waals surface area contributed by atoms with Crippen molar-refractivity contribution < 1.29 is 4.42 Å². The lowest BCUT2D eigenvalue weighted by Gasteiger charge is -2.08. The predicted octanol–water partition coefficient (Wildman–Crippen LogP) is 4.06. The number of hydrogen-bond donors (Lipinski definition) is 1. The summed E-state index contributed by atoms with van der Waals surface area (Å²) in [4.78, 5) is 0. The van der Waals surface area contributed by atoms with Crippen molar-refractivity contribution in [2.45, 2.75) is 37.3 Å². The summed E-state index contributed by atoms with van der Waals surface area (Å²) in [5, 5.41) is 9.29. The maximum atomic E-state index is 6.10. The molecule has 108 valence electrons. The lowest BCUT2D eigenvalue weighted by Crippen LogP contribution is -2.13. The summed E-state index contributed by atoms with van der Waals surface area (Å²) >= 11 is 7.57. The van der Waals surface area contributed by atoms with Crippen molar-refractivity contribution in [3.05, 3.63) is 40.7 Å². The molecule has 20 heavy (non-hydrogen) atoms. The molecule has 1 aromatic heterocycles. The number of halogens is 1. The molecule has 0 unspecified atom stereocenters. The lowest BCUT2D eigenvalue weighted by molar-refractivity contribution is 0.361. The molecule has 4 nitrogen and oxygen atoms in total. The quantitative estimate of drug-likeness (QED) is 0.815. The molecule has 1 heterocycles. The Bertz CT molecular complexity index is 559. The first-order chi connectivity index (χ1) is 9.56. The van der Waals surface area contributed by atoms with Crippen molar-refractivity contribution >= 4 is 23.4 Å². The van der Waals surface area contributed by atoms with Gasteiger partial charge < -0.3 is 10.2 Å². The minimum Gasteiger partial charge on any atom is -0.414 e. The van der Waals surface area contributed by atoms with Gasteiger partial charge in [0.05, 0.1) is 6.04 Å². The van der Waals surface area contributed by atoms with Gasteiger partial charge in [0.1, 0.15) is 0 Å². The van der Waals surface area contributed by atoms with Gasteiger partial charge in [-0.05, 0) is 24.0 Å². The Morgan fingerprint density at radius 2 is 2.05 bits per heavy atom. The molecule has 1 atom stereocenters. The second-order valence-corrected chi connectivity index (χ2v) is 6.36. The normalized spacial score (nSPS) is 12.8. The molecule has 0 bridgehead atoms. The van der Waals surface area contributed by atoms with Gasteiger partial charge in [-0.25, -0.2) is 0 Å². The van der Waals surface area contributed by atoms with Crippen LogP contribution in [0, 0.1) is 5.92 Å². The smallest absolute Gasteiger partial charge is 0.276 e. The number of aromatic nitrogens is 2. The van der Waals surface area contributed by atoms with Crippen molar-refractivity contribution in [2.24, 2.45) is 11.7 Å². The van der Waals surface area contributed by atoms with Crippen LogP contribution in [0.3, 0.4) is 0 Å². The van der Waals surface area contributed by atoms with Crippen LogP contribution in [0.2, 0.25) is 5.02 Å². The minimum atomic E-state index is -0.197. The van der Waals surface area contributed by atoms with Crippen molar-refractivity contribution in [3.8, 4) is 0 Å². The molecule has 0 aliphatic rings. The molecule has 0 aliphatic heterocycles. The van der Waals surface area contributed by atoms with Crippen molar-refractivity contribution in [2.75, 3.05) is 0 Å². The van der Waals surface area contributed by atoms with Crippen LogP contribution >= 0.6 is 23.4 Å². The highest BCUT2D eigenvalue weighted by Gasteiger charge is 2.16. The SMILES string of the molecule is CC(C)C[C@H](N)c1nnc(SCc2ccccc2Cl)o1. The fraction of sp³-hybridized carbons (Fsp3) is 0.429. The van der Waals surface area contributed by atoms with Crippen LogP contribution in [0.1, 0.15) is 37.8 Å². The highest BCUT2D eigenvalue weighted by Crippen LogP contribution is 2.27. The highest BCUT2D eigenvalue weighted by molar-refractivity contribution is 7.98. The number of thioether (sulfide) groups is 1. The molecule has 2 N–H and O–H groups in total. The minimum absolute atomic E-state index is 0.197. The van der Waals surface area contributed by atoms with E-state index in [4.69, 9.17) is 21.8 Å².